The van der Waals surface area contributed by atoms with E-state index in [2.05, 4.69) is 10.3 Å². The second kappa shape index (κ2) is 6.51. The van der Waals surface area contributed by atoms with Crippen LogP contribution in [0, 0.1) is 6.92 Å². The molecule has 0 aliphatic carbocycles. The third-order valence-electron chi connectivity index (χ3n) is 3.30. The maximum atomic E-state index is 11.1. The minimum atomic E-state index is -1.14. The number of ether oxygens (including phenoxy) is 1. The summed E-state index contributed by atoms with van der Waals surface area (Å²) < 4.78 is 7.25. The zero-order valence-corrected chi connectivity index (χ0v) is 13.9. The molecule has 3 aromatic rings. The van der Waals surface area contributed by atoms with Crippen molar-refractivity contribution in [2.75, 3.05) is 0 Å². The number of aromatic carboxylic acids is 1. The van der Waals surface area contributed by atoms with Gasteiger partial charge in [0.15, 0.2) is 11.4 Å². The standard InChI is InChI=1S/C16H11Cl2N3O3/c1-9-15(16(22)23)19-20-21(9)12-4-2-3-5-14(12)24-13-7-6-10(17)8-11(13)18/h2-8H,1H3,(H,22,23). The summed E-state index contributed by atoms with van der Waals surface area (Å²) in [6.07, 6.45) is 0. The van der Waals surface area contributed by atoms with Crippen molar-refractivity contribution in [1.29, 1.82) is 0 Å². The van der Waals surface area contributed by atoms with E-state index >= 15 is 0 Å². The number of hydrogen-bond donors (Lipinski definition) is 1. The van der Waals surface area contributed by atoms with Gasteiger partial charge in [0.05, 0.1) is 10.7 Å². The third kappa shape index (κ3) is 3.06. The molecule has 1 aromatic heterocycles. The van der Waals surface area contributed by atoms with Crippen LogP contribution in [-0.4, -0.2) is 26.1 Å². The van der Waals surface area contributed by atoms with Gasteiger partial charge < -0.3 is 9.84 Å². The topological polar surface area (TPSA) is 77.2 Å². The average Bonchev–Trinajstić information content (AvgIpc) is 2.92. The molecular formula is C16H11Cl2N3O3. The van der Waals surface area contributed by atoms with Gasteiger partial charge in [-0.15, -0.1) is 5.10 Å². The van der Waals surface area contributed by atoms with Crippen LogP contribution in [0.5, 0.6) is 11.5 Å². The minimum absolute atomic E-state index is 0.116. The van der Waals surface area contributed by atoms with E-state index < -0.39 is 5.97 Å². The Morgan fingerprint density at radius 3 is 2.58 bits per heavy atom. The minimum Gasteiger partial charge on any atom is -0.476 e. The SMILES string of the molecule is Cc1c(C(=O)O)nnn1-c1ccccc1Oc1ccc(Cl)cc1Cl. The van der Waals surface area contributed by atoms with Crippen LogP contribution in [0.2, 0.25) is 10.0 Å². The number of carboxylic acids is 1. The van der Waals surface area contributed by atoms with Crippen molar-refractivity contribution in [1.82, 2.24) is 15.0 Å². The van der Waals surface area contributed by atoms with Crippen molar-refractivity contribution in [3.8, 4) is 17.2 Å². The van der Waals surface area contributed by atoms with Gasteiger partial charge in [-0.25, -0.2) is 9.48 Å². The van der Waals surface area contributed by atoms with Crippen molar-refractivity contribution in [2.45, 2.75) is 6.92 Å². The summed E-state index contributed by atoms with van der Waals surface area (Å²) in [4.78, 5) is 11.1. The number of carboxylic acid groups (broad SMARTS) is 1. The zero-order chi connectivity index (χ0) is 17.3. The van der Waals surface area contributed by atoms with Crippen LogP contribution in [-0.2, 0) is 0 Å². The first kappa shape index (κ1) is 16.3. The summed E-state index contributed by atoms with van der Waals surface area (Å²) in [5, 5.41) is 17.6. The summed E-state index contributed by atoms with van der Waals surface area (Å²) in [6.45, 7) is 1.62. The molecule has 0 saturated heterocycles. The molecular weight excluding hydrogens is 353 g/mol. The van der Waals surface area contributed by atoms with Crippen molar-refractivity contribution in [3.05, 3.63) is 63.9 Å². The number of benzene rings is 2. The molecule has 1 N–H and O–H groups in total. The maximum absolute atomic E-state index is 11.1. The molecule has 0 atom stereocenters. The van der Waals surface area contributed by atoms with Crippen molar-refractivity contribution >= 4 is 29.2 Å². The molecule has 0 unspecified atom stereocenters. The number of aromatic nitrogens is 3. The molecule has 0 aliphatic heterocycles. The molecule has 0 radical (unpaired) electrons. The van der Waals surface area contributed by atoms with Crippen LogP contribution in [0.4, 0.5) is 0 Å². The number of rotatable bonds is 4. The van der Waals surface area contributed by atoms with Gasteiger partial charge >= 0.3 is 5.97 Å². The molecule has 8 heteroatoms. The number of hydrogen-bond acceptors (Lipinski definition) is 4. The molecule has 2 aromatic carbocycles. The highest BCUT2D eigenvalue weighted by molar-refractivity contribution is 6.35. The Morgan fingerprint density at radius 1 is 1.17 bits per heavy atom. The molecule has 24 heavy (non-hydrogen) atoms. The first-order valence-corrected chi connectivity index (χ1v) is 7.61. The molecule has 122 valence electrons. The second-order valence-corrected chi connectivity index (χ2v) is 5.73. The summed E-state index contributed by atoms with van der Waals surface area (Å²) >= 11 is 12.0. The normalized spacial score (nSPS) is 10.6. The van der Waals surface area contributed by atoms with Crippen LogP contribution >= 0.6 is 23.2 Å². The zero-order valence-electron chi connectivity index (χ0n) is 12.4. The van der Waals surface area contributed by atoms with Crippen molar-refractivity contribution < 1.29 is 14.6 Å². The number of halogens is 2. The van der Waals surface area contributed by atoms with Gasteiger partial charge in [0.1, 0.15) is 11.4 Å². The Hall–Kier alpha value is -2.57. The fourth-order valence-electron chi connectivity index (χ4n) is 2.15. The summed E-state index contributed by atoms with van der Waals surface area (Å²) in [5.74, 6) is -0.269. The lowest BCUT2D eigenvalue weighted by atomic mass is 10.2. The van der Waals surface area contributed by atoms with Crippen LogP contribution in [0.3, 0.4) is 0 Å². The lowest BCUT2D eigenvalue weighted by Crippen LogP contribution is -2.04. The maximum Gasteiger partial charge on any atom is 0.358 e. The van der Waals surface area contributed by atoms with E-state index in [0.29, 0.717) is 32.9 Å². The fourth-order valence-corrected chi connectivity index (χ4v) is 2.60. The van der Waals surface area contributed by atoms with Gasteiger partial charge in [0.25, 0.3) is 0 Å². The van der Waals surface area contributed by atoms with Crippen LogP contribution in [0.15, 0.2) is 42.5 Å². The molecule has 1 heterocycles. The molecule has 0 aliphatic rings. The van der Waals surface area contributed by atoms with Gasteiger partial charge in [-0.05, 0) is 37.3 Å². The largest absolute Gasteiger partial charge is 0.476 e. The van der Waals surface area contributed by atoms with Gasteiger partial charge in [-0.3, -0.25) is 0 Å². The molecule has 3 rings (SSSR count). The fraction of sp³-hybridized carbons (Fsp3) is 0.0625. The average molecular weight is 364 g/mol. The smallest absolute Gasteiger partial charge is 0.358 e. The molecule has 0 amide bonds. The number of carbonyl (C=O) groups is 1. The Balaban J connectivity index is 2.04. The van der Waals surface area contributed by atoms with E-state index in [0.717, 1.165) is 0 Å². The summed E-state index contributed by atoms with van der Waals surface area (Å²) in [7, 11) is 0. The molecule has 0 bridgehead atoms. The lowest BCUT2D eigenvalue weighted by Gasteiger charge is -2.12. The Labute approximate surface area is 147 Å². The van der Waals surface area contributed by atoms with Crippen LogP contribution < -0.4 is 4.74 Å². The van der Waals surface area contributed by atoms with E-state index in [1.807, 2.05) is 0 Å². The Morgan fingerprint density at radius 2 is 1.92 bits per heavy atom. The van der Waals surface area contributed by atoms with E-state index in [1.165, 1.54) is 4.68 Å². The van der Waals surface area contributed by atoms with E-state index in [4.69, 9.17) is 33.0 Å². The number of nitrogens with zero attached hydrogens (tertiary/aromatic N) is 3. The van der Waals surface area contributed by atoms with Gasteiger partial charge in [-0.2, -0.15) is 0 Å². The molecule has 0 fully saturated rings. The first-order valence-electron chi connectivity index (χ1n) is 6.85. The summed E-state index contributed by atoms with van der Waals surface area (Å²) in [5.41, 5.74) is 0.816. The van der Waals surface area contributed by atoms with Gasteiger partial charge in [0.2, 0.25) is 0 Å². The molecule has 0 spiro atoms. The quantitative estimate of drug-likeness (QED) is 0.744. The highest BCUT2D eigenvalue weighted by Crippen LogP contribution is 2.34. The van der Waals surface area contributed by atoms with E-state index in [1.54, 1.807) is 49.4 Å². The van der Waals surface area contributed by atoms with Crippen molar-refractivity contribution in [2.24, 2.45) is 0 Å². The predicted molar refractivity (Wildman–Crippen MR) is 89.6 cm³/mol. The van der Waals surface area contributed by atoms with E-state index in [9.17, 15) is 4.79 Å². The van der Waals surface area contributed by atoms with Crippen molar-refractivity contribution in [3.63, 3.8) is 0 Å². The predicted octanol–water partition coefficient (Wildman–Crippen LogP) is 4.37. The number of para-hydroxylation sites is 2. The monoisotopic (exact) mass is 363 g/mol. The van der Waals surface area contributed by atoms with Crippen LogP contribution in [0.1, 0.15) is 16.2 Å². The van der Waals surface area contributed by atoms with E-state index in [-0.39, 0.29) is 5.69 Å². The summed E-state index contributed by atoms with van der Waals surface area (Å²) in [6, 6.07) is 11.9. The first-order chi connectivity index (χ1) is 11.5. The molecule has 6 nitrogen and oxygen atoms in total. The van der Waals surface area contributed by atoms with Crippen LogP contribution in [0.25, 0.3) is 5.69 Å². The second-order valence-electron chi connectivity index (χ2n) is 4.88. The highest BCUT2D eigenvalue weighted by Gasteiger charge is 2.18. The molecule has 0 saturated carbocycles. The van der Waals surface area contributed by atoms with Gasteiger partial charge in [0, 0.05) is 5.02 Å². The Bertz CT molecular complexity index is 925. The highest BCUT2D eigenvalue weighted by atomic mass is 35.5. The third-order valence-corrected chi connectivity index (χ3v) is 3.83. The lowest BCUT2D eigenvalue weighted by molar-refractivity contribution is 0.0689. The Kier molecular flexibility index (Phi) is 4.42. The van der Waals surface area contributed by atoms with Gasteiger partial charge in [-0.1, -0.05) is 40.5 Å².